The molecule has 6 nitrogen and oxygen atoms in total. The van der Waals surface area contributed by atoms with Gasteiger partial charge in [-0.05, 0) is 55.0 Å². The van der Waals surface area contributed by atoms with Gasteiger partial charge in [0.1, 0.15) is 0 Å². The Morgan fingerprint density at radius 1 is 1.03 bits per heavy atom. The summed E-state index contributed by atoms with van der Waals surface area (Å²) >= 11 is 0. The van der Waals surface area contributed by atoms with Crippen LogP contribution in [0.3, 0.4) is 0 Å². The Labute approximate surface area is 173 Å². The van der Waals surface area contributed by atoms with E-state index < -0.39 is 5.97 Å². The van der Waals surface area contributed by atoms with Crippen LogP contribution in [0.15, 0.2) is 73.1 Å². The number of fused-ring (bicyclic) bond motifs is 1. The van der Waals surface area contributed by atoms with Gasteiger partial charge in [-0.3, -0.25) is 9.78 Å². The fourth-order valence-corrected chi connectivity index (χ4v) is 3.26. The molecule has 0 unspecified atom stereocenters. The van der Waals surface area contributed by atoms with Crippen molar-refractivity contribution in [2.45, 2.75) is 13.3 Å². The van der Waals surface area contributed by atoms with E-state index in [1.165, 1.54) is 0 Å². The first-order valence-electron chi connectivity index (χ1n) is 9.41. The van der Waals surface area contributed by atoms with Gasteiger partial charge in [0.2, 0.25) is 0 Å². The maximum atomic E-state index is 13.1. The van der Waals surface area contributed by atoms with Gasteiger partial charge < -0.3 is 15.2 Å². The van der Waals surface area contributed by atoms with Crippen LogP contribution >= 0.6 is 0 Å². The van der Waals surface area contributed by atoms with Crippen LogP contribution in [-0.4, -0.2) is 21.8 Å². The zero-order valence-electron chi connectivity index (χ0n) is 16.3. The van der Waals surface area contributed by atoms with E-state index in [9.17, 15) is 14.7 Å². The molecule has 2 aromatic carbocycles. The molecule has 2 aromatic heterocycles. The minimum Gasteiger partial charge on any atom is -0.550 e. The number of carboxylic acids is 1. The highest BCUT2D eigenvalue weighted by Gasteiger charge is 2.15. The maximum absolute atomic E-state index is 13.1. The molecule has 148 valence electrons. The van der Waals surface area contributed by atoms with Crippen LogP contribution in [0.25, 0.3) is 22.2 Å². The Morgan fingerprint density at radius 3 is 2.53 bits per heavy atom. The lowest BCUT2D eigenvalue weighted by Gasteiger charge is -2.12. The minimum absolute atomic E-state index is 0.170. The zero-order valence-corrected chi connectivity index (χ0v) is 16.3. The molecule has 4 aromatic rings. The molecule has 1 amide bonds. The fourth-order valence-electron chi connectivity index (χ4n) is 3.26. The van der Waals surface area contributed by atoms with E-state index in [-0.39, 0.29) is 12.3 Å². The standard InChI is InChI=1S/C24H19N3O3/c1-15-4-9-21-19(11-15)20(13-22(27-21)17-3-2-10-25-14-17)24(30)26-18-7-5-16(6-8-18)12-23(28)29/h2-11,13-14H,12H2,1H3,(H,26,30)(H,28,29)/p-1. The van der Waals surface area contributed by atoms with Crippen LogP contribution < -0.4 is 10.4 Å². The van der Waals surface area contributed by atoms with E-state index in [4.69, 9.17) is 4.98 Å². The molecule has 0 atom stereocenters. The van der Waals surface area contributed by atoms with Gasteiger partial charge in [-0.1, -0.05) is 23.8 Å². The number of hydrogen-bond acceptors (Lipinski definition) is 5. The van der Waals surface area contributed by atoms with Crippen molar-refractivity contribution < 1.29 is 14.7 Å². The first-order valence-corrected chi connectivity index (χ1v) is 9.41. The van der Waals surface area contributed by atoms with E-state index in [1.54, 1.807) is 42.7 Å². The molecule has 0 radical (unpaired) electrons. The molecule has 6 heteroatoms. The summed E-state index contributed by atoms with van der Waals surface area (Å²) in [5, 5.41) is 14.4. The number of carbonyl (C=O) groups excluding carboxylic acids is 2. The third-order valence-electron chi connectivity index (χ3n) is 4.73. The van der Waals surface area contributed by atoms with Crippen LogP contribution in [0.5, 0.6) is 0 Å². The second-order valence-electron chi connectivity index (χ2n) is 7.02. The number of carboxylic acid groups (broad SMARTS) is 1. The van der Waals surface area contributed by atoms with Crippen molar-refractivity contribution in [3.63, 3.8) is 0 Å². The molecule has 0 fully saturated rings. The van der Waals surface area contributed by atoms with Crippen molar-refractivity contribution in [1.29, 1.82) is 0 Å². The van der Waals surface area contributed by atoms with E-state index >= 15 is 0 Å². The molecule has 0 aliphatic carbocycles. The molecule has 30 heavy (non-hydrogen) atoms. The number of aromatic nitrogens is 2. The van der Waals surface area contributed by atoms with Gasteiger partial charge in [-0.2, -0.15) is 0 Å². The highest BCUT2D eigenvalue weighted by Crippen LogP contribution is 2.26. The topological polar surface area (TPSA) is 95.0 Å². The quantitative estimate of drug-likeness (QED) is 0.559. The van der Waals surface area contributed by atoms with Crippen molar-refractivity contribution >= 4 is 28.5 Å². The summed E-state index contributed by atoms with van der Waals surface area (Å²) in [4.78, 5) is 32.7. The lowest BCUT2D eigenvalue weighted by atomic mass is 10.0. The number of rotatable bonds is 5. The van der Waals surface area contributed by atoms with Gasteiger partial charge in [-0.25, -0.2) is 4.98 Å². The molecule has 2 heterocycles. The number of pyridine rings is 2. The van der Waals surface area contributed by atoms with Gasteiger partial charge in [0.25, 0.3) is 5.91 Å². The smallest absolute Gasteiger partial charge is 0.256 e. The SMILES string of the molecule is Cc1ccc2nc(-c3cccnc3)cc(C(=O)Nc3ccc(CC(=O)[O-])cc3)c2c1. The molecule has 0 aliphatic rings. The predicted molar refractivity (Wildman–Crippen MR) is 113 cm³/mol. The van der Waals surface area contributed by atoms with E-state index in [0.29, 0.717) is 22.5 Å². The third kappa shape index (κ3) is 4.17. The summed E-state index contributed by atoms with van der Waals surface area (Å²) in [5.41, 5.74) is 4.91. The molecule has 4 rings (SSSR count). The normalized spacial score (nSPS) is 10.7. The van der Waals surface area contributed by atoms with Crippen LogP contribution in [0.4, 0.5) is 5.69 Å². The number of benzene rings is 2. The Morgan fingerprint density at radius 2 is 1.83 bits per heavy atom. The number of nitrogens with zero attached hydrogens (tertiary/aromatic N) is 2. The number of anilines is 1. The predicted octanol–water partition coefficient (Wildman–Crippen LogP) is 3.15. The Kier molecular flexibility index (Phi) is 5.22. The molecule has 0 bridgehead atoms. The van der Waals surface area contributed by atoms with Crippen molar-refractivity contribution in [3.05, 3.63) is 89.7 Å². The molecular weight excluding hydrogens is 378 g/mol. The lowest BCUT2D eigenvalue weighted by molar-refractivity contribution is -0.304. The average Bonchev–Trinajstić information content (AvgIpc) is 2.74. The van der Waals surface area contributed by atoms with Gasteiger partial charge in [0.15, 0.2) is 0 Å². The summed E-state index contributed by atoms with van der Waals surface area (Å²) in [6.07, 6.45) is 3.22. The van der Waals surface area contributed by atoms with Crippen LogP contribution in [0, 0.1) is 6.92 Å². The number of hydrogen-bond donors (Lipinski definition) is 1. The van der Waals surface area contributed by atoms with Crippen molar-refractivity contribution in [3.8, 4) is 11.3 Å². The molecular formula is C24H18N3O3-. The van der Waals surface area contributed by atoms with Crippen LogP contribution in [-0.2, 0) is 11.2 Å². The number of amides is 1. The second-order valence-corrected chi connectivity index (χ2v) is 7.02. The largest absolute Gasteiger partial charge is 0.550 e. The van der Waals surface area contributed by atoms with Crippen LogP contribution in [0.1, 0.15) is 21.5 Å². The number of aryl methyl sites for hydroxylation is 1. The number of aliphatic carboxylic acids is 1. The third-order valence-corrected chi connectivity index (χ3v) is 4.73. The molecule has 0 spiro atoms. The highest BCUT2D eigenvalue weighted by molar-refractivity contribution is 6.13. The fraction of sp³-hybridized carbons (Fsp3) is 0.0833. The summed E-state index contributed by atoms with van der Waals surface area (Å²) in [7, 11) is 0. The molecule has 0 saturated carbocycles. The van der Waals surface area contributed by atoms with E-state index in [2.05, 4.69) is 10.3 Å². The second kappa shape index (κ2) is 8.13. The van der Waals surface area contributed by atoms with Crippen molar-refractivity contribution in [1.82, 2.24) is 9.97 Å². The number of nitrogens with one attached hydrogen (secondary N) is 1. The molecule has 0 saturated heterocycles. The summed E-state index contributed by atoms with van der Waals surface area (Å²) in [6.45, 7) is 1.96. The highest BCUT2D eigenvalue weighted by atomic mass is 16.4. The summed E-state index contributed by atoms with van der Waals surface area (Å²) in [6, 6.07) is 17.9. The Balaban J connectivity index is 1.72. The van der Waals surface area contributed by atoms with Gasteiger partial charge in [0.05, 0.1) is 16.8 Å². The molecule has 0 aliphatic heterocycles. The van der Waals surface area contributed by atoms with Gasteiger partial charge >= 0.3 is 0 Å². The maximum Gasteiger partial charge on any atom is 0.256 e. The van der Waals surface area contributed by atoms with Gasteiger partial charge in [-0.15, -0.1) is 0 Å². The monoisotopic (exact) mass is 396 g/mol. The van der Waals surface area contributed by atoms with Gasteiger partial charge in [0, 0.05) is 41.4 Å². The van der Waals surface area contributed by atoms with Crippen molar-refractivity contribution in [2.24, 2.45) is 0 Å². The first kappa shape index (κ1) is 19.3. The number of carbonyl (C=O) groups is 2. The summed E-state index contributed by atoms with van der Waals surface area (Å²) in [5.74, 6) is -1.42. The summed E-state index contributed by atoms with van der Waals surface area (Å²) < 4.78 is 0. The first-order chi connectivity index (χ1) is 14.5. The van der Waals surface area contributed by atoms with Crippen LogP contribution in [0.2, 0.25) is 0 Å². The lowest BCUT2D eigenvalue weighted by Crippen LogP contribution is -2.24. The van der Waals surface area contributed by atoms with Crippen molar-refractivity contribution in [2.75, 3.05) is 5.32 Å². The minimum atomic E-state index is -1.15. The molecule has 1 N–H and O–H groups in total. The Bertz CT molecular complexity index is 1240. The Hall–Kier alpha value is -4.06. The zero-order chi connectivity index (χ0) is 21.1. The average molecular weight is 396 g/mol. The van der Waals surface area contributed by atoms with E-state index in [1.807, 2.05) is 37.3 Å². The van der Waals surface area contributed by atoms with E-state index in [0.717, 1.165) is 22.0 Å².